The Hall–Kier alpha value is -2.19. The van der Waals surface area contributed by atoms with Crippen molar-refractivity contribution in [2.24, 2.45) is 0 Å². The molecule has 0 unspecified atom stereocenters. The van der Waals surface area contributed by atoms with Gasteiger partial charge in [0.2, 0.25) is 0 Å². The summed E-state index contributed by atoms with van der Waals surface area (Å²) >= 11 is 1.36. The van der Waals surface area contributed by atoms with Crippen molar-refractivity contribution in [2.75, 3.05) is 18.2 Å². The average molecular weight is 259 g/mol. The molecule has 0 aliphatic carbocycles. The van der Waals surface area contributed by atoms with E-state index < -0.39 is 0 Å². The number of anilines is 2. The van der Waals surface area contributed by atoms with Gasteiger partial charge >= 0.3 is 0 Å². The van der Waals surface area contributed by atoms with Crippen molar-refractivity contribution in [1.82, 2.24) is 0 Å². The molecule has 5 heteroatoms. The Morgan fingerprint density at radius 2 is 2.28 bits per heavy atom. The molecule has 0 bridgehead atoms. The van der Waals surface area contributed by atoms with Crippen LogP contribution < -0.4 is 15.8 Å². The molecule has 1 heterocycles. The zero-order chi connectivity index (χ0) is 13.0. The van der Waals surface area contributed by atoms with Crippen molar-refractivity contribution in [2.45, 2.75) is 6.54 Å². The van der Waals surface area contributed by atoms with Crippen LogP contribution in [0.2, 0.25) is 0 Å². The number of nitriles is 1. The van der Waals surface area contributed by atoms with Crippen LogP contribution >= 0.6 is 11.3 Å². The van der Waals surface area contributed by atoms with Gasteiger partial charge in [-0.1, -0.05) is 12.1 Å². The highest BCUT2D eigenvalue weighted by Crippen LogP contribution is 2.28. The number of nitrogens with one attached hydrogen (secondary N) is 1. The number of hydrogen-bond donors (Lipinski definition) is 2. The smallest absolute Gasteiger partial charge is 0.129 e. The SMILES string of the molecule is COc1cccc(CNc2cc(N)c(C#N)s2)c1. The van der Waals surface area contributed by atoms with E-state index in [4.69, 9.17) is 15.7 Å². The molecule has 0 fully saturated rings. The summed E-state index contributed by atoms with van der Waals surface area (Å²) in [6, 6.07) is 11.7. The first-order chi connectivity index (χ1) is 8.72. The average Bonchev–Trinajstić information content (AvgIpc) is 2.77. The Bertz CT molecular complexity index is 586. The van der Waals surface area contributed by atoms with Crippen LogP contribution in [0.1, 0.15) is 10.4 Å². The van der Waals surface area contributed by atoms with E-state index in [-0.39, 0.29) is 0 Å². The largest absolute Gasteiger partial charge is 0.497 e. The molecule has 1 aromatic carbocycles. The molecule has 0 saturated heterocycles. The van der Waals surface area contributed by atoms with Gasteiger partial charge in [-0.15, -0.1) is 11.3 Å². The van der Waals surface area contributed by atoms with Gasteiger partial charge in [0.15, 0.2) is 0 Å². The fourth-order valence-electron chi connectivity index (χ4n) is 1.55. The van der Waals surface area contributed by atoms with Crippen LogP contribution in [0.3, 0.4) is 0 Å². The quantitative estimate of drug-likeness (QED) is 0.885. The fraction of sp³-hybridized carbons (Fsp3) is 0.154. The zero-order valence-electron chi connectivity index (χ0n) is 9.93. The summed E-state index contributed by atoms with van der Waals surface area (Å²) in [6.45, 7) is 0.669. The predicted molar refractivity (Wildman–Crippen MR) is 73.8 cm³/mol. The third-order valence-corrected chi connectivity index (χ3v) is 3.48. The van der Waals surface area contributed by atoms with Crippen molar-refractivity contribution < 1.29 is 4.74 Å². The monoisotopic (exact) mass is 259 g/mol. The Balaban J connectivity index is 2.04. The van der Waals surface area contributed by atoms with E-state index in [1.54, 1.807) is 13.2 Å². The fourth-order valence-corrected chi connectivity index (χ4v) is 2.32. The van der Waals surface area contributed by atoms with Crippen molar-refractivity contribution in [1.29, 1.82) is 5.26 Å². The van der Waals surface area contributed by atoms with E-state index >= 15 is 0 Å². The Morgan fingerprint density at radius 3 is 2.94 bits per heavy atom. The highest BCUT2D eigenvalue weighted by atomic mass is 32.1. The third kappa shape index (κ3) is 2.73. The summed E-state index contributed by atoms with van der Waals surface area (Å²) in [6.07, 6.45) is 0. The molecule has 2 aromatic rings. The molecule has 92 valence electrons. The lowest BCUT2D eigenvalue weighted by Crippen LogP contribution is -1.97. The van der Waals surface area contributed by atoms with E-state index in [0.717, 1.165) is 16.3 Å². The number of ether oxygens (including phenoxy) is 1. The third-order valence-electron chi connectivity index (χ3n) is 2.46. The first kappa shape index (κ1) is 12.3. The number of nitrogen functional groups attached to an aromatic ring is 1. The molecular weight excluding hydrogens is 246 g/mol. The summed E-state index contributed by atoms with van der Waals surface area (Å²) in [4.78, 5) is 0.545. The minimum atomic E-state index is 0.524. The maximum absolute atomic E-state index is 8.82. The van der Waals surface area contributed by atoms with Crippen molar-refractivity contribution in [3.63, 3.8) is 0 Å². The first-order valence-corrected chi connectivity index (χ1v) is 6.21. The van der Waals surface area contributed by atoms with Crippen LogP contribution in [-0.2, 0) is 6.54 Å². The minimum absolute atomic E-state index is 0.524. The van der Waals surface area contributed by atoms with Gasteiger partial charge in [-0.2, -0.15) is 5.26 Å². The number of benzene rings is 1. The molecule has 0 atom stereocenters. The van der Waals surface area contributed by atoms with Gasteiger partial charge in [-0.3, -0.25) is 0 Å². The molecule has 0 spiro atoms. The molecule has 1 aromatic heterocycles. The second-order valence-electron chi connectivity index (χ2n) is 3.71. The normalized spacial score (nSPS) is 9.78. The molecule has 4 nitrogen and oxygen atoms in total. The lowest BCUT2D eigenvalue weighted by Gasteiger charge is -2.05. The number of hydrogen-bond acceptors (Lipinski definition) is 5. The molecule has 0 aliphatic rings. The summed E-state index contributed by atoms with van der Waals surface area (Å²) < 4.78 is 5.16. The summed E-state index contributed by atoms with van der Waals surface area (Å²) in [5, 5.41) is 13.0. The number of thiophene rings is 1. The number of methoxy groups -OCH3 is 1. The first-order valence-electron chi connectivity index (χ1n) is 5.39. The molecular formula is C13H13N3OS. The van der Waals surface area contributed by atoms with Crippen LogP contribution in [0.5, 0.6) is 5.75 Å². The highest BCUT2D eigenvalue weighted by molar-refractivity contribution is 7.17. The van der Waals surface area contributed by atoms with E-state index in [9.17, 15) is 0 Å². The molecule has 0 radical (unpaired) electrons. The number of nitrogens with zero attached hydrogens (tertiary/aromatic N) is 1. The van der Waals surface area contributed by atoms with Gasteiger partial charge in [-0.25, -0.2) is 0 Å². The molecule has 18 heavy (non-hydrogen) atoms. The van der Waals surface area contributed by atoms with Gasteiger partial charge in [0, 0.05) is 6.54 Å². The Kier molecular flexibility index (Phi) is 3.70. The van der Waals surface area contributed by atoms with Crippen LogP contribution in [-0.4, -0.2) is 7.11 Å². The topological polar surface area (TPSA) is 71.1 Å². The lowest BCUT2D eigenvalue weighted by molar-refractivity contribution is 0.414. The van der Waals surface area contributed by atoms with Gasteiger partial charge in [0.1, 0.15) is 16.7 Å². The number of nitrogens with two attached hydrogens (primary N) is 1. The maximum atomic E-state index is 8.82. The zero-order valence-corrected chi connectivity index (χ0v) is 10.8. The standard InChI is InChI=1S/C13H13N3OS/c1-17-10-4-2-3-9(5-10)8-16-13-6-11(15)12(7-14)18-13/h2-6,16H,8,15H2,1H3. The van der Waals surface area contributed by atoms with Gasteiger partial charge in [0.05, 0.1) is 17.8 Å². The van der Waals surface area contributed by atoms with Crippen molar-refractivity contribution >= 4 is 22.0 Å². The molecule has 0 saturated carbocycles. The Labute approximate surface area is 110 Å². The summed E-state index contributed by atoms with van der Waals surface area (Å²) in [5.41, 5.74) is 7.33. The second-order valence-corrected chi connectivity index (χ2v) is 4.76. The van der Waals surface area contributed by atoms with Gasteiger partial charge in [-0.05, 0) is 23.8 Å². The van der Waals surface area contributed by atoms with Crippen LogP contribution in [0.4, 0.5) is 10.7 Å². The molecule has 3 N–H and O–H groups in total. The van der Waals surface area contributed by atoms with E-state index in [0.29, 0.717) is 17.1 Å². The van der Waals surface area contributed by atoms with Crippen LogP contribution in [0.15, 0.2) is 30.3 Å². The lowest BCUT2D eigenvalue weighted by atomic mass is 10.2. The van der Waals surface area contributed by atoms with Crippen LogP contribution in [0, 0.1) is 11.3 Å². The van der Waals surface area contributed by atoms with E-state index in [2.05, 4.69) is 11.4 Å². The van der Waals surface area contributed by atoms with E-state index in [1.165, 1.54) is 11.3 Å². The molecule has 2 rings (SSSR count). The maximum Gasteiger partial charge on any atom is 0.129 e. The van der Waals surface area contributed by atoms with E-state index in [1.807, 2.05) is 24.3 Å². The highest BCUT2D eigenvalue weighted by Gasteiger charge is 2.05. The van der Waals surface area contributed by atoms with Gasteiger partial charge < -0.3 is 15.8 Å². The summed E-state index contributed by atoms with van der Waals surface area (Å²) in [7, 11) is 1.64. The number of rotatable bonds is 4. The van der Waals surface area contributed by atoms with Crippen molar-refractivity contribution in [3.8, 4) is 11.8 Å². The van der Waals surface area contributed by atoms with Gasteiger partial charge in [0.25, 0.3) is 0 Å². The minimum Gasteiger partial charge on any atom is -0.497 e. The molecule has 0 aliphatic heterocycles. The second kappa shape index (κ2) is 5.43. The summed E-state index contributed by atoms with van der Waals surface area (Å²) in [5.74, 6) is 0.831. The van der Waals surface area contributed by atoms with Crippen molar-refractivity contribution in [3.05, 3.63) is 40.8 Å². The Morgan fingerprint density at radius 1 is 1.44 bits per heavy atom. The molecule has 0 amide bonds. The van der Waals surface area contributed by atoms with Crippen LogP contribution in [0.25, 0.3) is 0 Å². The predicted octanol–water partition coefficient (Wildman–Crippen LogP) is 2.82.